The molecule has 1 aliphatic heterocycles. The highest BCUT2D eigenvalue weighted by molar-refractivity contribution is 6.30. The molecule has 1 unspecified atom stereocenters. The fraction of sp³-hybridized carbons (Fsp3) is 0.290. The molecular weight excluding hydrogens is 514 g/mol. The molecule has 3 aromatic carbocycles. The molecule has 5 rings (SSSR count). The lowest BCUT2D eigenvalue weighted by atomic mass is 10.00. The average molecular weight is 546 g/mol. The zero-order chi connectivity index (χ0) is 27.2. The smallest absolute Gasteiger partial charge is 0.335 e. The lowest BCUT2D eigenvalue weighted by Gasteiger charge is -2.24. The van der Waals surface area contributed by atoms with Gasteiger partial charge in [-0.25, -0.2) is 9.78 Å². The molecule has 39 heavy (non-hydrogen) atoms. The Morgan fingerprint density at radius 2 is 1.85 bits per heavy atom. The van der Waals surface area contributed by atoms with E-state index >= 15 is 0 Å². The molecule has 1 atom stereocenters. The van der Waals surface area contributed by atoms with Gasteiger partial charge in [0.05, 0.1) is 11.3 Å². The number of nitrogens with zero attached hydrogens (tertiary/aromatic N) is 2. The quantitative estimate of drug-likeness (QED) is 0.222. The second kappa shape index (κ2) is 12.4. The number of benzene rings is 3. The van der Waals surface area contributed by atoms with Gasteiger partial charge in [0.1, 0.15) is 19.0 Å². The Morgan fingerprint density at radius 3 is 2.62 bits per heavy atom. The lowest BCUT2D eigenvalue weighted by Crippen LogP contribution is -2.25. The monoisotopic (exact) mass is 545 g/mol. The van der Waals surface area contributed by atoms with E-state index in [9.17, 15) is 9.90 Å². The summed E-state index contributed by atoms with van der Waals surface area (Å²) in [4.78, 5) is 16.3. The van der Waals surface area contributed by atoms with E-state index in [0.717, 1.165) is 53.3 Å². The van der Waals surface area contributed by atoms with E-state index in [0.29, 0.717) is 37.1 Å². The van der Waals surface area contributed by atoms with Gasteiger partial charge in [0.15, 0.2) is 16.7 Å². The van der Waals surface area contributed by atoms with Gasteiger partial charge < -0.3 is 24.5 Å². The van der Waals surface area contributed by atoms with Crippen LogP contribution in [-0.4, -0.2) is 33.8 Å². The molecule has 0 bridgehead atoms. The van der Waals surface area contributed by atoms with Crippen LogP contribution in [0, 0.1) is 0 Å². The van der Waals surface area contributed by atoms with Crippen molar-refractivity contribution in [3.63, 3.8) is 0 Å². The van der Waals surface area contributed by atoms with Gasteiger partial charge in [-0.05, 0) is 41.8 Å². The molecule has 2 N–H and O–H groups in total. The van der Waals surface area contributed by atoms with E-state index in [1.807, 2.05) is 42.5 Å². The van der Waals surface area contributed by atoms with Crippen LogP contribution in [0.3, 0.4) is 0 Å². The average Bonchev–Trinajstić information content (AvgIpc) is 3.28. The van der Waals surface area contributed by atoms with E-state index in [4.69, 9.17) is 26.1 Å². The van der Waals surface area contributed by atoms with Gasteiger partial charge in [-0.3, -0.25) is 0 Å². The van der Waals surface area contributed by atoms with Crippen LogP contribution < -0.4 is 14.8 Å². The Balaban J connectivity index is 1.50. The first kappa shape index (κ1) is 26.8. The van der Waals surface area contributed by atoms with Crippen LogP contribution in [0.2, 0.25) is 5.15 Å². The van der Waals surface area contributed by atoms with E-state index in [2.05, 4.69) is 28.9 Å². The number of nitrogens with one attached hydrogen (secondary N) is 1. The van der Waals surface area contributed by atoms with Crippen LogP contribution in [-0.2, 0) is 19.5 Å². The number of carbonyl (C=O) groups is 1. The third kappa shape index (κ3) is 6.27. The summed E-state index contributed by atoms with van der Waals surface area (Å²) in [5.74, 6) is 1.36. The van der Waals surface area contributed by atoms with Gasteiger partial charge in [0.25, 0.3) is 0 Å². The highest BCUT2D eigenvalue weighted by atomic mass is 35.5. The Hall–Kier alpha value is -3.81. The number of imidazole rings is 1. The maximum atomic E-state index is 11.5. The summed E-state index contributed by atoms with van der Waals surface area (Å²) in [6.45, 7) is 4.50. The van der Waals surface area contributed by atoms with Crippen molar-refractivity contribution < 1.29 is 19.4 Å². The van der Waals surface area contributed by atoms with Gasteiger partial charge in [0, 0.05) is 31.1 Å². The number of aromatic carboxylic acids is 1. The molecule has 4 aromatic rings. The summed E-state index contributed by atoms with van der Waals surface area (Å²) in [5, 5.41) is 13.6. The number of carboxylic acid groups (broad SMARTS) is 1. The number of fused-ring (bicyclic) bond motifs is 1. The topological polar surface area (TPSA) is 85.6 Å². The molecule has 202 valence electrons. The van der Waals surface area contributed by atoms with Crippen LogP contribution >= 0.6 is 11.6 Å². The number of ether oxygens (including phenoxy) is 2. The third-order valence-electron chi connectivity index (χ3n) is 6.88. The van der Waals surface area contributed by atoms with Crippen molar-refractivity contribution in [2.75, 3.05) is 13.2 Å². The number of aromatic nitrogens is 2. The van der Waals surface area contributed by atoms with Gasteiger partial charge in [-0.1, -0.05) is 73.5 Å². The van der Waals surface area contributed by atoms with Crippen LogP contribution in [0.25, 0.3) is 11.4 Å². The Bertz CT molecular complexity index is 1440. The number of unbranched alkanes of at least 4 members (excludes halogenated alkanes) is 1. The standard InChI is InChI=1S/C31H32ClN3O4/c1-2-3-14-35-26(29(32)34-30(35)22-9-5-4-6-10-22)19-25(23-12-13-27-28(18-23)39-16-15-38-27)33-20-21-8-7-11-24(17-21)31(36)37/h4-13,17-18,25,33H,2-3,14-16,19-20H2,1H3,(H,36,37). The molecule has 8 heteroatoms. The SMILES string of the molecule is CCCCn1c(-c2ccccc2)nc(Cl)c1CC(NCc1cccc(C(=O)O)c1)c1ccc2c(c1)OCCO2. The van der Waals surface area contributed by atoms with Gasteiger partial charge in [-0.15, -0.1) is 0 Å². The van der Waals surface area contributed by atoms with Crippen LogP contribution in [0.1, 0.15) is 53.0 Å². The largest absolute Gasteiger partial charge is 0.486 e. The minimum absolute atomic E-state index is 0.146. The highest BCUT2D eigenvalue weighted by Crippen LogP contribution is 2.35. The van der Waals surface area contributed by atoms with Crippen molar-refractivity contribution in [3.05, 3.63) is 100 Å². The van der Waals surface area contributed by atoms with E-state index in [-0.39, 0.29) is 11.6 Å². The first-order valence-electron chi connectivity index (χ1n) is 13.3. The zero-order valence-electron chi connectivity index (χ0n) is 21.9. The summed E-state index contributed by atoms with van der Waals surface area (Å²) < 4.78 is 13.8. The minimum atomic E-state index is -0.944. The fourth-order valence-electron chi connectivity index (χ4n) is 4.85. The van der Waals surface area contributed by atoms with Gasteiger partial charge in [0.2, 0.25) is 0 Å². The molecule has 2 heterocycles. The van der Waals surface area contributed by atoms with Crippen molar-refractivity contribution in [2.45, 2.75) is 45.3 Å². The Labute approximate surface area is 233 Å². The molecule has 0 saturated heterocycles. The molecule has 0 saturated carbocycles. The molecule has 0 radical (unpaired) electrons. The first-order chi connectivity index (χ1) is 19.0. The molecule has 1 aliphatic rings. The molecular formula is C31H32ClN3O4. The molecule has 0 amide bonds. The first-order valence-corrected chi connectivity index (χ1v) is 13.7. The van der Waals surface area contributed by atoms with Crippen molar-refractivity contribution in [1.82, 2.24) is 14.9 Å². The molecule has 7 nitrogen and oxygen atoms in total. The Morgan fingerprint density at radius 1 is 1.05 bits per heavy atom. The second-order valence-electron chi connectivity index (χ2n) is 9.59. The molecule has 1 aromatic heterocycles. The summed E-state index contributed by atoms with van der Waals surface area (Å²) in [7, 11) is 0. The predicted molar refractivity (Wildman–Crippen MR) is 152 cm³/mol. The number of hydrogen-bond acceptors (Lipinski definition) is 5. The number of rotatable bonds is 11. The zero-order valence-corrected chi connectivity index (χ0v) is 22.7. The van der Waals surface area contributed by atoms with Crippen LogP contribution in [0.5, 0.6) is 11.5 Å². The lowest BCUT2D eigenvalue weighted by molar-refractivity contribution is 0.0696. The van der Waals surface area contributed by atoms with Crippen LogP contribution in [0.15, 0.2) is 72.8 Å². The van der Waals surface area contributed by atoms with Crippen LogP contribution in [0.4, 0.5) is 0 Å². The normalized spacial score (nSPS) is 13.3. The predicted octanol–water partition coefficient (Wildman–Crippen LogP) is 6.55. The molecule has 0 aliphatic carbocycles. The third-order valence-corrected chi connectivity index (χ3v) is 7.19. The minimum Gasteiger partial charge on any atom is -0.486 e. The Kier molecular flexibility index (Phi) is 8.49. The molecule has 0 spiro atoms. The number of carboxylic acids is 1. The van der Waals surface area contributed by atoms with Crippen molar-refractivity contribution >= 4 is 17.6 Å². The summed E-state index contributed by atoms with van der Waals surface area (Å²) in [6, 6.07) is 22.9. The van der Waals surface area contributed by atoms with Crippen molar-refractivity contribution in [1.29, 1.82) is 0 Å². The number of halogens is 1. The summed E-state index contributed by atoms with van der Waals surface area (Å²) in [5.41, 5.74) is 4.15. The second-order valence-corrected chi connectivity index (χ2v) is 9.95. The highest BCUT2D eigenvalue weighted by Gasteiger charge is 2.23. The summed E-state index contributed by atoms with van der Waals surface area (Å²) in [6.07, 6.45) is 2.64. The summed E-state index contributed by atoms with van der Waals surface area (Å²) >= 11 is 6.83. The van der Waals surface area contributed by atoms with Crippen molar-refractivity contribution in [2.24, 2.45) is 0 Å². The van der Waals surface area contributed by atoms with Gasteiger partial charge in [-0.2, -0.15) is 0 Å². The maximum Gasteiger partial charge on any atom is 0.335 e. The van der Waals surface area contributed by atoms with E-state index in [1.165, 1.54) is 0 Å². The fourth-order valence-corrected chi connectivity index (χ4v) is 5.11. The molecule has 0 fully saturated rings. The maximum absolute atomic E-state index is 11.5. The van der Waals surface area contributed by atoms with E-state index in [1.54, 1.807) is 18.2 Å². The number of hydrogen-bond donors (Lipinski definition) is 2. The van der Waals surface area contributed by atoms with E-state index < -0.39 is 5.97 Å². The van der Waals surface area contributed by atoms with Gasteiger partial charge >= 0.3 is 5.97 Å². The van der Waals surface area contributed by atoms with Crippen molar-refractivity contribution in [3.8, 4) is 22.9 Å².